The Hall–Kier alpha value is -2.06. The van der Waals surface area contributed by atoms with Crippen LogP contribution in [0.15, 0.2) is 6.07 Å². The summed E-state index contributed by atoms with van der Waals surface area (Å²) in [5.74, 6) is -2.15. The number of hydrogen-bond acceptors (Lipinski definition) is 5. The predicted octanol–water partition coefficient (Wildman–Crippen LogP) is 2.21. The third-order valence-corrected chi connectivity index (χ3v) is 1.72. The fraction of sp³-hybridized carbons (Fsp3) is 0.375. The first-order valence-electron chi connectivity index (χ1n) is 4.20. The van der Waals surface area contributed by atoms with Crippen molar-refractivity contribution >= 4 is 5.82 Å². The molecular formula is C8H7F3N2O4. The number of aryl methyl sites for hydroxylation is 1. The van der Waals surface area contributed by atoms with Crippen molar-refractivity contribution in [2.75, 3.05) is 7.11 Å². The minimum atomic E-state index is -5.02. The van der Waals surface area contributed by atoms with Crippen LogP contribution in [0, 0.1) is 17.0 Å². The number of methoxy groups -OCH3 is 1. The summed E-state index contributed by atoms with van der Waals surface area (Å²) in [5, 5.41) is 10.6. The van der Waals surface area contributed by atoms with Crippen molar-refractivity contribution in [3.8, 4) is 11.6 Å². The zero-order chi connectivity index (χ0) is 13.2. The van der Waals surface area contributed by atoms with Crippen molar-refractivity contribution in [1.82, 2.24) is 4.98 Å². The fourth-order valence-electron chi connectivity index (χ4n) is 1.08. The maximum atomic E-state index is 12.0. The highest BCUT2D eigenvalue weighted by atomic mass is 19.4. The van der Waals surface area contributed by atoms with Gasteiger partial charge in [-0.3, -0.25) is 0 Å². The van der Waals surface area contributed by atoms with Crippen molar-refractivity contribution in [3.05, 3.63) is 21.7 Å². The first-order chi connectivity index (χ1) is 7.74. The molecule has 0 fully saturated rings. The van der Waals surface area contributed by atoms with E-state index in [9.17, 15) is 23.3 Å². The Balaban J connectivity index is 3.32. The molecule has 0 spiro atoms. The Labute approximate surface area is 93.1 Å². The van der Waals surface area contributed by atoms with Gasteiger partial charge in [0.25, 0.3) is 0 Å². The van der Waals surface area contributed by atoms with Crippen LogP contribution in [0.25, 0.3) is 0 Å². The number of alkyl halides is 3. The predicted molar refractivity (Wildman–Crippen MR) is 48.9 cm³/mol. The average Bonchev–Trinajstić information content (AvgIpc) is 2.18. The molecule has 1 aromatic heterocycles. The van der Waals surface area contributed by atoms with E-state index in [4.69, 9.17) is 0 Å². The Kier molecular flexibility index (Phi) is 3.39. The van der Waals surface area contributed by atoms with Gasteiger partial charge in [-0.25, -0.2) is 0 Å². The van der Waals surface area contributed by atoms with Gasteiger partial charge in [0, 0.05) is 16.6 Å². The normalized spacial score (nSPS) is 11.1. The molecule has 0 bridgehead atoms. The molecule has 0 aromatic carbocycles. The maximum absolute atomic E-state index is 12.0. The van der Waals surface area contributed by atoms with Gasteiger partial charge in [0.1, 0.15) is 0 Å². The van der Waals surface area contributed by atoms with Crippen LogP contribution in [0.1, 0.15) is 5.56 Å². The van der Waals surface area contributed by atoms with E-state index in [1.165, 1.54) is 14.0 Å². The standard InChI is InChI=1S/C8H7F3N2O4/c1-4-3-5(16-2)12-7(13(14)15)6(4)17-8(9,10)11/h3H,1-2H3. The highest BCUT2D eigenvalue weighted by Crippen LogP contribution is 2.35. The summed E-state index contributed by atoms with van der Waals surface area (Å²) >= 11 is 0. The summed E-state index contributed by atoms with van der Waals surface area (Å²) in [6.07, 6.45) is -5.02. The van der Waals surface area contributed by atoms with Gasteiger partial charge in [-0.1, -0.05) is 0 Å². The summed E-state index contributed by atoms with van der Waals surface area (Å²) in [6, 6.07) is 1.11. The van der Waals surface area contributed by atoms with Crippen LogP contribution < -0.4 is 9.47 Å². The van der Waals surface area contributed by atoms with E-state index in [2.05, 4.69) is 14.5 Å². The molecule has 1 aromatic rings. The van der Waals surface area contributed by atoms with Gasteiger partial charge < -0.3 is 19.6 Å². The second-order valence-corrected chi connectivity index (χ2v) is 2.94. The second-order valence-electron chi connectivity index (χ2n) is 2.94. The number of hydrogen-bond donors (Lipinski definition) is 0. The number of rotatable bonds is 3. The summed E-state index contributed by atoms with van der Waals surface area (Å²) in [6.45, 7) is 1.22. The summed E-state index contributed by atoms with van der Waals surface area (Å²) in [7, 11) is 1.19. The topological polar surface area (TPSA) is 74.5 Å². The van der Waals surface area contributed by atoms with E-state index >= 15 is 0 Å². The molecule has 1 rings (SSSR count). The van der Waals surface area contributed by atoms with Crippen molar-refractivity contribution in [1.29, 1.82) is 0 Å². The zero-order valence-electron chi connectivity index (χ0n) is 8.74. The zero-order valence-corrected chi connectivity index (χ0v) is 8.74. The summed E-state index contributed by atoms with van der Waals surface area (Å²) in [5.41, 5.74) is -0.0964. The molecule has 17 heavy (non-hydrogen) atoms. The average molecular weight is 252 g/mol. The van der Waals surface area contributed by atoms with Gasteiger partial charge in [0.2, 0.25) is 5.75 Å². The van der Waals surface area contributed by atoms with E-state index in [1.54, 1.807) is 0 Å². The molecule has 0 saturated heterocycles. The van der Waals surface area contributed by atoms with Gasteiger partial charge in [-0.15, -0.1) is 13.2 Å². The fourth-order valence-corrected chi connectivity index (χ4v) is 1.08. The smallest absolute Gasteiger partial charge is 0.463 e. The van der Waals surface area contributed by atoms with Crippen molar-refractivity contribution in [2.45, 2.75) is 13.3 Å². The van der Waals surface area contributed by atoms with Crippen LogP contribution in [-0.4, -0.2) is 23.4 Å². The molecule has 0 aliphatic heterocycles. The molecule has 94 valence electrons. The molecular weight excluding hydrogens is 245 g/mol. The van der Waals surface area contributed by atoms with E-state index < -0.39 is 22.9 Å². The molecule has 0 aliphatic rings. The van der Waals surface area contributed by atoms with Crippen LogP contribution in [0.4, 0.5) is 19.0 Å². The molecule has 0 aliphatic carbocycles. The Morgan fingerprint density at radius 3 is 2.47 bits per heavy atom. The third kappa shape index (κ3) is 3.20. The molecule has 1 heterocycles. The monoisotopic (exact) mass is 252 g/mol. The molecule has 9 heteroatoms. The van der Waals surface area contributed by atoms with Crippen LogP contribution >= 0.6 is 0 Å². The number of aromatic nitrogens is 1. The third-order valence-electron chi connectivity index (χ3n) is 1.72. The molecule has 0 saturated carbocycles. The van der Waals surface area contributed by atoms with Crippen LogP contribution in [0.3, 0.4) is 0 Å². The number of nitro groups is 1. The SMILES string of the molecule is COc1cc(C)c(OC(F)(F)F)c([N+](=O)[O-])n1. The van der Waals surface area contributed by atoms with E-state index in [1.807, 2.05) is 0 Å². The van der Waals surface area contributed by atoms with Crippen LogP contribution in [0.2, 0.25) is 0 Å². The highest BCUT2D eigenvalue weighted by molar-refractivity contribution is 5.48. The van der Waals surface area contributed by atoms with E-state index in [0.717, 1.165) is 6.07 Å². The van der Waals surface area contributed by atoms with E-state index in [-0.39, 0.29) is 11.4 Å². The second kappa shape index (κ2) is 4.44. The lowest BCUT2D eigenvalue weighted by Crippen LogP contribution is -2.19. The number of ether oxygens (including phenoxy) is 2. The Morgan fingerprint density at radius 2 is 2.06 bits per heavy atom. The van der Waals surface area contributed by atoms with Crippen molar-refractivity contribution in [3.63, 3.8) is 0 Å². The first kappa shape index (κ1) is 13.0. The quantitative estimate of drug-likeness (QED) is 0.609. The van der Waals surface area contributed by atoms with Crippen LogP contribution in [0.5, 0.6) is 11.6 Å². The minimum Gasteiger partial charge on any atom is -0.463 e. The molecule has 0 unspecified atom stereocenters. The summed E-state index contributed by atoms with van der Waals surface area (Å²) < 4.78 is 44.3. The minimum absolute atomic E-state index is 0.0964. The number of halogens is 3. The highest BCUT2D eigenvalue weighted by Gasteiger charge is 2.36. The van der Waals surface area contributed by atoms with Gasteiger partial charge in [-0.05, 0) is 11.8 Å². The van der Waals surface area contributed by atoms with Crippen molar-refractivity contribution in [2.24, 2.45) is 0 Å². The molecule has 0 radical (unpaired) electrons. The molecule has 0 amide bonds. The van der Waals surface area contributed by atoms with Gasteiger partial charge >= 0.3 is 18.1 Å². The van der Waals surface area contributed by atoms with Crippen molar-refractivity contribution < 1.29 is 27.6 Å². The van der Waals surface area contributed by atoms with Crippen LogP contribution in [-0.2, 0) is 0 Å². The lowest BCUT2D eigenvalue weighted by molar-refractivity contribution is -0.393. The Morgan fingerprint density at radius 1 is 1.47 bits per heavy atom. The van der Waals surface area contributed by atoms with Gasteiger partial charge in [0.05, 0.1) is 7.11 Å². The molecule has 0 N–H and O–H groups in total. The lowest BCUT2D eigenvalue weighted by Gasteiger charge is -2.11. The number of nitrogens with zero attached hydrogens (tertiary/aromatic N) is 2. The van der Waals surface area contributed by atoms with E-state index in [0.29, 0.717) is 0 Å². The van der Waals surface area contributed by atoms with Gasteiger partial charge in [-0.2, -0.15) is 0 Å². The number of pyridine rings is 1. The maximum Gasteiger partial charge on any atom is 0.573 e. The summed E-state index contributed by atoms with van der Waals surface area (Å²) in [4.78, 5) is 12.8. The van der Waals surface area contributed by atoms with Gasteiger partial charge in [0.15, 0.2) is 0 Å². The molecule has 6 nitrogen and oxygen atoms in total. The first-order valence-corrected chi connectivity index (χ1v) is 4.20. The molecule has 0 atom stereocenters. The Bertz CT molecular complexity index is 447. The lowest BCUT2D eigenvalue weighted by atomic mass is 10.2. The largest absolute Gasteiger partial charge is 0.573 e.